The third-order valence-corrected chi connectivity index (χ3v) is 6.06. The number of urea groups is 1. The van der Waals surface area contributed by atoms with Crippen LogP contribution in [0.3, 0.4) is 0 Å². The molecule has 2 heterocycles. The highest BCUT2D eigenvalue weighted by molar-refractivity contribution is 5.91. The second kappa shape index (κ2) is 8.41. The molecule has 3 aromatic carbocycles. The molecule has 0 bridgehead atoms. The number of hydrogen-bond acceptors (Lipinski definition) is 1. The smallest absolute Gasteiger partial charge is 0.318 e. The Labute approximate surface area is 195 Å². The molecule has 0 spiro atoms. The largest absolute Gasteiger partial charge is 0.418 e. The number of rotatable bonds is 2. The average molecular weight is 461 g/mol. The van der Waals surface area contributed by atoms with Crippen molar-refractivity contribution < 1.29 is 18.0 Å². The predicted octanol–water partition coefficient (Wildman–Crippen LogP) is 6.94. The molecular weight excluding hydrogens is 439 g/mol. The standard InChI is InChI=1S/C27H22F3N3O/c1-18-8-6-10-19(16-18)25-24-14-7-15-32(24)23-13-5-2-9-20(23)17-33(25)26(34)31-22-12-4-3-11-21(22)27(28,29)30/h2-16,25H,17H2,1H3,(H,31,34)/t25-/m1/s1. The maximum Gasteiger partial charge on any atom is 0.418 e. The Morgan fingerprint density at radius 3 is 2.50 bits per heavy atom. The number of benzene rings is 3. The molecule has 1 aromatic heterocycles. The van der Waals surface area contributed by atoms with Gasteiger partial charge in [0.1, 0.15) is 0 Å². The maximum atomic E-state index is 13.6. The van der Waals surface area contributed by atoms with Crippen molar-refractivity contribution >= 4 is 11.7 Å². The molecule has 1 atom stereocenters. The van der Waals surface area contributed by atoms with Crippen molar-refractivity contribution in [1.29, 1.82) is 0 Å². The zero-order valence-electron chi connectivity index (χ0n) is 18.4. The zero-order chi connectivity index (χ0) is 23.9. The van der Waals surface area contributed by atoms with Gasteiger partial charge < -0.3 is 14.8 Å². The second-order valence-electron chi connectivity index (χ2n) is 8.35. The Morgan fingerprint density at radius 1 is 0.941 bits per heavy atom. The van der Waals surface area contributed by atoms with E-state index >= 15 is 0 Å². The number of nitrogens with zero attached hydrogens (tertiary/aromatic N) is 2. The van der Waals surface area contributed by atoms with Gasteiger partial charge in [0, 0.05) is 11.9 Å². The molecule has 0 unspecified atom stereocenters. The lowest BCUT2D eigenvalue weighted by atomic mass is 10.00. The normalized spacial score (nSPS) is 15.3. The van der Waals surface area contributed by atoms with Gasteiger partial charge >= 0.3 is 12.2 Å². The molecule has 0 aliphatic carbocycles. The number of aromatic nitrogens is 1. The van der Waals surface area contributed by atoms with Gasteiger partial charge in [0.25, 0.3) is 0 Å². The third-order valence-electron chi connectivity index (χ3n) is 6.06. The van der Waals surface area contributed by atoms with E-state index in [1.54, 1.807) is 4.90 Å². The van der Waals surface area contributed by atoms with Crippen LogP contribution in [0.4, 0.5) is 23.7 Å². The van der Waals surface area contributed by atoms with Crippen molar-refractivity contribution in [2.45, 2.75) is 25.7 Å². The van der Waals surface area contributed by atoms with E-state index in [0.717, 1.165) is 34.1 Å². The molecule has 5 rings (SSSR count). The molecule has 2 amide bonds. The number of halogens is 3. The fraction of sp³-hybridized carbons (Fsp3) is 0.148. The number of aryl methyl sites for hydroxylation is 1. The minimum atomic E-state index is -4.58. The van der Waals surface area contributed by atoms with Crippen LogP contribution in [-0.2, 0) is 12.7 Å². The fourth-order valence-electron chi connectivity index (χ4n) is 4.56. The molecule has 4 aromatic rings. The monoisotopic (exact) mass is 461 g/mol. The van der Waals surface area contributed by atoms with Gasteiger partial charge in [-0.2, -0.15) is 13.2 Å². The summed E-state index contributed by atoms with van der Waals surface area (Å²) in [5.74, 6) is 0. The van der Waals surface area contributed by atoms with Crippen LogP contribution >= 0.6 is 0 Å². The van der Waals surface area contributed by atoms with E-state index in [0.29, 0.717) is 0 Å². The van der Waals surface area contributed by atoms with E-state index in [-0.39, 0.29) is 12.2 Å². The lowest BCUT2D eigenvalue weighted by Crippen LogP contribution is -2.38. The summed E-state index contributed by atoms with van der Waals surface area (Å²) in [5.41, 5.74) is 3.45. The molecule has 4 nitrogen and oxygen atoms in total. The average Bonchev–Trinajstić information content (AvgIpc) is 3.23. The van der Waals surface area contributed by atoms with Crippen LogP contribution in [0.25, 0.3) is 5.69 Å². The summed E-state index contributed by atoms with van der Waals surface area (Å²) in [6.45, 7) is 2.20. The minimum absolute atomic E-state index is 0.233. The van der Waals surface area contributed by atoms with Gasteiger partial charge in [-0.3, -0.25) is 0 Å². The number of para-hydroxylation sites is 2. The minimum Gasteiger partial charge on any atom is -0.318 e. The summed E-state index contributed by atoms with van der Waals surface area (Å²) >= 11 is 0. The number of alkyl halides is 3. The van der Waals surface area contributed by atoms with Gasteiger partial charge in [0.2, 0.25) is 0 Å². The van der Waals surface area contributed by atoms with E-state index in [9.17, 15) is 18.0 Å². The van der Waals surface area contributed by atoms with Gasteiger partial charge in [-0.25, -0.2) is 4.79 Å². The lowest BCUT2D eigenvalue weighted by Gasteiger charge is -2.31. The highest BCUT2D eigenvalue weighted by atomic mass is 19.4. The summed E-state index contributed by atoms with van der Waals surface area (Å²) < 4.78 is 42.8. The highest BCUT2D eigenvalue weighted by Gasteiger charge is 2.36. The van der Waals surface area contributed by atoms with E-state index in [1.807, 2.05) is 78.4 Å². The van der Waals surface area contributed by atoms with Crippen LogP contribution in [0.1, 0.15) is 34.0 Å². The van der Waals surface area contributed by atoms with Crippen LogP contribution < -0.4 is 5.32 Å². The lowest BCUT2D eigenvalue weighted by molar-refractivity contribution is -0.136. The van der Waals surface area contributed by atoms with Gasteiger partial charge in [-0.1, -0.05) is 60.2 Å². The van der Waals surface area contributed by atoms with Crippen LogP contribution in [0, 0.1) is 6.92 Å². The second-order valence-corrected chi connectivity index (χ2v) is 8.35. The summed E-state index contributed by atoms with van der Waals surface area (Å²) in [5, 5.41) is 2.54. The van der Waals surface area contributed by atoms with Crippen LogP contribution in [0.15, 0.2) is 91.1 Å². The van der Waals surface area contributed by atoms with E-state index in [1.165, 1.54) is 18.2 Å². The topological polar surface area (TPSA) is 37.3 Å². The van der Waals surface area contributed by atoms with Crippen molar-refractivity contribution in [2.24, 2.45) is 0 Å². The number of amides is 2. The Bertz CT molecular complexity index is 1360. The number of fused-ring (bicyclic) bond motifs is 3. The van der Waals surface area contributed by atoms with E-state index in [4.69, 9.17) is 0 Å². The summed E-state index contributed by atoms with van der Waals surface area (Å²) in [7, 11) is 0. The van der Waals surface area contributed by atoms with Crippen molar-refractivity contribution in [3.05, 3.63) is 119 Å². The van der Waals surface area contributed by atoms with Gasteiger partial charge in [-0.05, 0) is 48.4 Å². The highest BCUT2D eigenvalue weighted by Crippen LogP contribution is 2.38. The molecule has 34 heavy (non-hydrogen) atoms. The Balaban J connectivity index is 1.63. The van der Waals surface area contributed by atoms with Gasteiger partial charge in [0.15, 0.2) is 0 Å². The molecule has 172 valence electrons. The maximum absolute atomic E-state index is 13.6. The SMILES string of the molecule is Cc1cccc([C@@H]2c3cccn3-c3ccccc3CN2C(=O)Nc2ccccc2C(F)(F)F)c1. The molecule has 0 saturated carbocycles. The molecule has 0 saturated heterocycles. The molecule has 0 fully saturated rings. The van der Waals surface area contributed by atoms with E-state index < -0.39 is 23.8 Å². The first-order valence-corrected chi connectivity index (χ1v) is 10.9. The van der Waals surface area contributed by atoms with Crippen LogP contribution in [0.2, 0.25) is 0 Å². The Morgan fingerprint density at radius 2 is 1.71 bits per heavy atom. The van der Waals surface area contributed by atoms with Crippen molar-refractivity contribution in [3.8, 4) is 5.69 Å². The Kier molecular flexibility index (Phi) is 5.40. The van der Waals surface area contributed by atoms with Crippen LogP contribution in [-0.4, -0.2) is 15.5 Å². The number of nitrogens with one attached hydrogen (secondary N) is 1. The quantitative estimate of drug-likeness (QED) is 0.345. The first kappa shape index (κ1) is 21.8. The fourth-order valence-corrected chi connectivity index (χ4v) is 4.56. The summed E-state index contributed by atoms with van der Waals surface area (Å²) in [6, 6.07) is 23.3. The Hall–Kier alpha value is -4.00. The number of carbonyl (C=O) groups is 1. The van der Waals surface area contributed by atoms with Crippen molar-refractivity contribution in [2.75, 3.05) is 5.32 Å². The molecule has 1 aliphatic heterocycles. The molecular formula is C27H22F3N3O. The predicted molar refractivity (Wildman–Crippen MR) is 125 cm³/mol. The van der Waals surface area contributed by atoms with Crippen molar-refractivity contribution in [1.82, 2.24) is 9.47 Å². The van der Waals surface area contributed by atoms with Crippen molar-refractivity contribution in [3.63, 3.8) is 0 Å². The van der Waals surface area contributed by atoms with Gasteiger partial charge in [0.05, 0.1) is 29.5 Å². The first-order valence-electron chi connectivity index (χ1n) is 10.9. The number of hydrogen-bond donors (Lipinski definition) is 1. The van der Waals surface area contributed by atoms with E-state index in [2.05, 4.69) is 5.32 Å². The van der Waals surface area contributed by atoms with Gasteiger partial charge in [-0.15, -0.1) is 0 Å². The number of carbonyl (C=O) groups excluding carboxylic acids is 1. The molecule has 1 N–H and O–H groups in total. The zero-order valence-corrected chi connectivity index (χ0v) is 18.4. The number of anilines is 1. The molecule has 0 radical (unpaired) electrons. The molecule has 7 heteroatoms. The van der Waals surface area contributed by atoms with Crippen LogP contribution in [0.5, 0.6) is 0 Å². The molecule has 1 aliphatic rings. The third kappa shape index (κ3) is 3.94. The first-order chi connectivity index (χ1) is 16.3. The summed E-state index contributed by atoms with van der Waals surface area (Å²) in [4.78, 5) is 15.2. The summed E-state index contributed by atoms with van der Waals surface area (Å²) in [6.07, 6.45) is -2.64.